The topological polar surface area (TPSA) is 23.6 Å². The number of nitrogens with zero attached hydrogens (tertiary/aromatic N) is 2. The molecule has 2 saturated heterocycles. The summed E-state index contributed by atoms with van der Waals surface area (Å²) in [5.41, 5.74) is 0. The number of carbonyl (C=O) groups is 1. The summed E-state index contributed by atoms with van der Waals surface area (Å²) in [6.07, 6.45) is 4.41. The van der Waals surface area contributed by atoms with Crippen LogP contribution in [0.3, 0.4) is 0 Å². The molecule has 0 radical (unpaired) electrons. The van der Waals surface area contributed by atoms with Gasteiger partial charge in [0, 0.05) is 25.6 Å². The molecule has 0 aliphatic carbocycles. The highest BCUT2D eigenvalue weighted by molar-refractivity contribution is 5.49. The second kappa shape index (κ2) is 4.20. The van der Waals surface area contributed by atoms with Gasteiger partial charge in [0.25, 0.3) is 0 Å². The van der Waals surface area contributed by atoms with Crippen molar-refractivity contribution in [2.24, 2.45) is 0 Å². The zero-order valence-corrected chi connectivity index (χ0v) is 8.11. The third kappa shape index (κ3) is 2.09. The molecule has 0 saturated carbocycles. The van der Waals surface area contributed by atoms with Crippen LogP contribution in [0.1, 0.15) is 19.3 Å². The Balaban J connectivity index is 1.70. The van der Waals surface area contributed by atoms with Gasteiger partial charge in [-0.15, -0.1) is 0 Å². The van der Waals surface area contributed by atoms with Crippen LogP contribution in [0, 0.1) is 0 Å². The molecule has 0 aromatic carbocycles. The molecule has 3 heteroatoms. The molecule has 2 rings (SSSR count). The summed E-state index contributed by atoms with van der Waals surface area (Å²) in [5.74, 6) is 0. The lowest BCUT2D eigenvalue weighted by atomic mass is 10.1. The Kier molecular flexibility index (Phi) is 2.96. The van der Waals surface area contributed by atoms with Crippen molar-refractivity contribution >= 4 is 6.29 Å². The van der Waals surface area contributed by atoms with Crippen LogP contribution in [0.2, 0.25) is 0 Å². The van der Waals surface area contributed by atoms with Gasteiger partial charge >= 0.3 is 0 Å². The first kappa shape index (κ1) is 9.16. The average molecular weight is 182 g/mol. The monoisotopic (exact) mass is 182 g/mol. The lowest BCUT2D eigenvalue weighted by molar-refractivity contribution is -0.108. The number of aldehydes is 1. The summed E-state index contributed by atoms with van der Waals surface area (Å²) in [7, 11) is 0. The Morgan fingerprint density at radius 2 is 2.15 bits per heavy atom. The van der Waals surface area contributed by atoms with Crippen molar-refractivity contribution in [3.8, 4) is 0 Å². The molecule has 0 aromatic rings. The summed E-state index contributed by atoms with van der Waals surface area (Å²) in [6, 6.07) is 0.792. The highest BCUT2D eigenvalue weighted by Crippen LogP contribution is 2.20. The van der Waals surface area contributed by atoms with E-state index in [9.17, 15) is 4.79 Å². The first-order valence-electron chi connectivity index (χ1n) is 5.30. The van der Waals surface area contributed by atoms with E-state index >= 15 is 0 Å². The number of hydrogen-bond donors (Lipinski definition) is 0. The van der Waals surface area contributed by atoms with Crippen LogP contribution in [0.15, 0.2) is 0 Å². The van der Waals surface area contributed by atoms with Gasteiger partial charge in [-0.3, -0.25) is 4.90 Å². The molecule has 2 fully saturated rings. The van der Waals surface area contributed by atoms with Crippen molar-refractivity contribution < 1.29 is 4.79 Å². The van der Waals surface area contributed by atoms with Crippen LogP contribution in [-0.4, -0.2) is 54.9 Å². The predicted octanol–water partition coefficient (Wildman–Crippen LogP) is 0.355. The first-order valence-corrected chi connectivity index (χ1v) is 5.30. The molecule has 1 unspecified atom stereocenters. The SMILES string of the molecule is O=CCCN1CCC(N2CCC2)C1. The average Bonchev–Trinajstić information content (AvgIpc) is 2.46. The molecule has 2 heterocycles. The van der Waals surface area contributed by atoms with Crippen molar-refractivity contribution in [3.05, 3.63) is 0 Å². The standard InChI is InChI=1S/C10H18N2O/c13-8-2-4-11-7-3-10(9-11)12-5-1-6-12/h8,10H,1-7,9H2. The Morgan fingerprint density at radius 1 is 1.31 bits per heavy atom. The molecule has 2 aliphatic heterocycles. The van der Waals surface area contributed by atoms with E-state index in [1.54, 1.807) is 0 Å². The smallest absolute Gasteiger partial charge is 0.121 e. The molecule has 2 aliphatic rings. The third-order valence-electron chi connectivity index (χ3n) is 3.22. The highest BCUT2D eigenvalue weighted by atomic mass is 16.1. The van der Waals surface area contributed by atoms with Crippen molar-refractivity contribution in [1.82, 2.24) is 9.80 Å². The first-order chi connectivity index (χ1) is 6.40. The zero-order chi connectivity index (χ0) is 9.10. The quantitative estimate of drug-likeness (QED) is 0.586. The zero-order valence-electron chi connectivity index (χ0n) is 8.11. The van der Waals surface area contributed by atoms with Gasteiger partial charge in [-0.1, -0.05) is 0 Å². The Bertz CT molecular complexity index is 180. The minimum Gasteiger partial charge on any atom is -0.303 e. The van der Waals surface area contributed by atoms with Crippen LogP contribution in [-0.2, 0) is 4.79 Å². The van der Waals surface area contributed by atoms with Gasteiger partial charge in [0.1, 0.15) is 6.29 Å². The van der Waals surface area contributed by atoms with Crippen molar-refractivity contribution in [2.45, 2.75) is 25.3 Å². The lowest BCUT2D eigenvalue weighted by Gasteiger charge is -2.36. The van der Waals surface area contributed by atoms with Crippen LogP contribution in [0.25, 0.3) is 0 Å². The fourth-order valence-corrected chi connectivity index (χ4v) is 2.25. The normalized spacial score (nSPS) is 30.3. The summed E-state index contributed by atoms with van der Waals surface area (Å²) < 4.78 is 0. The van der Waals surface area contributed by atoms with E-state index in [0.717, 1.165) is 18.9 Å². The largest absolute Gasteiger partial charge is 0.303 e. The van der Waals surface area contributed by atoms with Gasteiger partial charge in [0.15, 0.2) is 0 Å². The van der Waals surface area contributed by atoms with Gasteiger partial charge in [-0.05, 0) is 32.5 Å². The van der Waals surface area contributed by atoms with E-state index in [0.29, 0.717) is 6.42 Å². The maximum Gasteiger partial charge on any atom is 0.121 e. The fourth-order valence-electron chi connectivity index (χ4n) is 2.25. The molecule has 0 amide bonds. The summed E-state index contributed by atoms with van der Waals surface area (Å²) in [4.78, 5) is 15.2. The van der Waals surface area contributed by atoms with Crippen LogP contribution in [0.5, 0.6) is 0 Å². The van der Waals surface area contributed by atoms with Crippen LogP contribution >= 0.6 is 0 Å². The lowest BCUT2D eigenvalue weighted by Crippen LogP contribution is -2.46. The summed E-state index contributed by atoms with van der Waals surface area (Å²) >= 11 is 0. The molecular weight excluding hydrogens is 164 g/mol. The van der Waals surface area contributed by atoms with Gasteiger partial charge in [0.05, 0.1) is 0 Å². The maximum absolute atomic E-state index is 10.2. The summed E-state index contributed by atoms with van der Waals surface area (Å²) in [5, 5.41) is 0. The third-order valence-corrected chi connectivity index (χ3v) is 3.22. The van der Waals surface area contributed by atoms with Crippen molar-refractivity contribution in [2.75, 3.05) is 32.7 Å². The van der Waals surface area contributed by atoms with E-state index in [1.807, 2.05) is 0 Å². The molecule has 74 valence electrons. The Labute approximate surface area is 79.7 Å². The highest BCUT2D eigenvalue weighted by Gasteiger charge is 2.29. The molecule has 3 nitrogen and oxygen atoms in total. The van der Waals surface area contributed by atoms with Crippen molar-refractivity contribution in [3.63, 3.8) is 0 Å². The second-order valence-electron chi connectivity index (χ2n) is 4.09. The van der Waals surface area contributed by atoms with E-state index < -0.39 is 0 Å². The van der Waals surface area contributed by atoms with Gasteiger partial charge < -0.3 is 9.69 Å². The number of hydrogen-bond acceptors (Lipinski definition) is 3. The molecule has 13 heavy (non-hydrogen) atoms. The number of carbonyl (C=O) groups excluding carboxylic acids is 1. The van der Waals surface area contributed by atoms with Gasteiger partial charge in [-0.25, -0.2) is 0 Å². The minimum absolute atomic E-state index is 0.701. The second-order valence-corrected chi connectivity index (χ2v) is 4.09. The van der Waals surface area contributed by atoms with E-state index in [4.69, 9.17) is 0 Å². The molecule has 1 atom stereocenters. The Hall–Kier alpha value is -0.410. The molecule has 0 spiro atoms. The fraction of sp³-hybridized carbons (Fsp3) is 0.900. The van der Waals surface area contributed by atoms with Crippen LogP contribution < -0.4 is 0 Å². The Morgan fingerprint density at radius 3 is 2.77 bits per heavy atom. The number of rotatable bonds is 4. The van der Waals surface area contributed by atoms with Gasteiger partial charge in [0.2, 0.25) is 0 Å². The minimum atomic E-state index is 0.701. The van der Waals surface area contributed by atoms with E-state index in [2.05, 4.69) is 9.80 Å². The van der Waals surface area contributed by atoms with E-state index in [-0.39, 0.29) is 0 Å². The predicted molar refractivity (Wildman–Crippen MR) is 51.7 cm³/mol. The molecule has 0 bridgehead atoms. The van der Waals surface area contributed by atoms with Gasteiger partial charge in [-0.2, -0.15) is 0 Å². The maximum atomic E-state index is 10.2. The molecule has 0 aromatic heterocycles. The summed E-state index contributed by atoms with van der Waals surface area (Å²) in [6.45, 7) is 5.94. The van der Waals surface area contributed by atoms with Crippen molar-refractivity contribution in [1.29, 1.82) is 0 Å². The molecular formula is C10H18N2O. The van der Waals surface area contributed by atoms with E-state index in [1.165, 1.54) is 39.0 Å². The molecule has 0 N–H and O–H groups in total. The van der Waals surface area contributed by atoms with Crippen LogP contribution in [0.4, 0.5) is 0 Å². The number of likely N-dealkylation sites (tertiary alicyclic amines) is 2.